The molecule has 0 N–H and O–H groups in total. The minimum Gasteiger partial charge on any atom is -0.456 e. The Labute approximate surface area is 144 Å². The fraction of sp³-hybridized carbons (Fsp3) is 0.0909. The quantitative estimate of drug-likeness (QED) is 0.381. The van der Waals surface area contributed by atoms with Crippen LogP contribution in [-0.2, 0) is 0 Å². The number of hydrogen-bond donors (Lipinski definition) is 0. The smallest absolute Gasteiger partial charge is 0.182 e. The monoisotopic (exact) mass is 328 g/mol. The molecule has 25 heavy (non-hydrogen) atoms. The third-order valence-corrected chi connectivity index (χ3v) is 4.50. The van der Waals surface area contributed by atoms with E-state index in [2.05, 4.69) is 0 Å². The van der Waals surface area contributed by atoms with Crippen molar-refractivity contribution in [3.05, 3.63) is 82.0 Å². The van der Waals surface area contributed by atoms with E-state index < -0.39 is 0 Å². The van der Waals surface area contributed by atoms with Gasteiger partial charge in [0.15, 0.2) is 11.2 Å². The molecule has 3 nitrogen and oxygen atoms in total. The van der Waals surface area contributed by atoms with E-state index >= 15 is 0 Å². The lowest BCUT2D eigenvalue weighted by Crippen LogP contribution is -2.00. The molecule has 0 unspecified atom stereocenters. The first-order valence-corrected chi connectivity index (χ1v) is 8.12. The van der Waals surface area contributed by atoms with Gasteiger partial charge >= 0.3 is 0 Å². The van der Waals surface area contributed by atoms with Crippen LogP contribution in [0.5, 0.6) is 0 Å². The van der Waals surface area contributed by atoms with Crippen molar-refractivity contribution in [3.63, 3.8) is 0 Å². The number of fused-ring (bicyclic) bond motifs is 2. The van der Waals surface area contributed by atoms with Gasteiger partial charge in [0.05, 0.1) is 0 Å². The highest BCUT2D eigenvalue weighted by Crippen LogP contribution is 2.40. The van der Waals surface area contributed by atoms with Gasteiger partial charge < -0.3 is 4.42 Å². The van der Waals surface area contributed by atoms with Crippen molar-refractivity contribution in [2.75, 3.05) is 0 Å². The van der Waals surface area contributed by atoms with Gasteiger partial charge in [-0.15, -0.1) is 0 Å². The van der Waals surface area contributed by atoms with Crippen LogP contribution in [0.15, 0.2) is 69.9 Å². The molecule has 1 aliphatic heterocycles. The van der Waals surface area contributed by atoms with Crippen LogP contribution in [0.25, 0.3) is 33.4 Å². The maximum atomic E-state index is 11.8. The van der Waals surface area contributed by atoms with Gasteiger partial charge in [0.25, 0.3) is 0 Å². The standard InChI is InChI=1S/C22H16O3/c1-13-11-15(14(2)23)7-9-17(13)22-18-5-3-4-6-20(18)25-21-12-16(24)8-10-19(21)22/h3-12H,1-2H3. The molecule has 2 aromatic carbocycles. The van der Waals surface area contributed by atoms with E-state index in [9.17, 15) is 9.59 Å². The van der Waals surface area contributed by atoms with Crippen LogP contribution < -0.4 is 5.43 Å². The fourth-order valence-electron chi connectivity index (χ4n) is 3.27. The minimum atomic E-state index is -0.0823. The van der Waals surface area contributed by atoms with Crippen molar-refractivity contribution in [1.82, 2.24) is 0 Å². The number of aryl methyl sites for hydroxylation is 1. The summed E-state index contributed by atoms with van der Waals surface area (Å²) in [4.78, 5) is 23.4. The van der Waals surface area contributed by atoms with Gasteiger partial charge in [-0.1, -0.05) is 30.3 Å². The lowest BCUT2D eigenvalue weighted by Gasteiger charge is -2.16. The molecular weight excluding hydrogens is 312 g/mol. The molecule has 0 amide bonds. The van der Waals surface area contributed by atoms with Gasteiger partial charge in [0.2, 0.25) is 0 Å². The predicted molar refractivity (Wildman–Crippen MR) is 99.3 cm³/mol. The minimum absolute atomic E-state index is 0.0448. The zero-order chi connectivity index (χ0) is 17.6. The molecule has 0 radical (unpaired) electrons. The number of hydrogen-bond acceptors (Lipinski definition) is 3. The maximum Gasteiger partial charge on any atom is 0.182 e. The van der Waals surface area contributed by atoms with Gasteiger partial charge in [0, 0.05) is 28.1 Å². The average molecular weight is 328 g/mol. The number of benzene rings is 3. The van der Waals surface area contributed by atoms with Gasteiger partial charge in [-0.05, 0) is 49.2 Å². The second kappa shape index (κ2) is 5.71. The number of carbonyl (C=O) groups excluding carboxylic acids is 1. The maximum absolute atomic E-state index is 11.8. The molecular formula is C22H16O3. The van der Waals surface area contributed by atoms with E-state index in [0.29, 0.717) is 11.3 Å². The highest BCUT2D eigenvalue weighted by atomic mass is 16.3. The molecule has 0 atom stereocenters. The van der Waals surface area contributed by atoms with Crippen LogP contribution in [0, 0.1) is 6.92 Å². The highest BCUT2D eigenvalue weighted by Gasteiger charge is 2.18. The summed E-state index contributed by atoms with van der Waals surface area (Å²) in [7, 11) is 0. The summed E-state index contributed by atoms with van der Waals surface area (Å²) in [5.41, 5.74) is 5.28. The average Bonchev–Trinajstić information content (AvgIpc) is 2.59. The fourth-order valence-corrected chi connectivity index (χ4v) is 3.27. The van der Waals surface area contributed by atoms with Gasteiger partial charge in [-0.3, -0.25) is 9.59 Å². The summed E-state index contributed by atoms with van der Waals surface area (Å²) >= 11 is 0. The van der Waals surface area contributed by atoms with Crippen molar-refractivity contribution < 1.29 is 9.21 Å². The molecule has 0 bridgehead atoms. The first-order chi connectivity index (χ1) is 12.0. The topological polar surface area (TPSA) is 47.3 Å². The Kier molecular flexibility index (Phi) is 3.50. The second-order valence-corrected chi connectivity index (χ2v) is 6.22. The molecule has 3 heteroatoms. The number of Topliss-reactive ketones (excluding diaryl/α,β-unsaturated/α-hetero) is 1. The normalized spacial score (nSPS) is 11.1. The van der Waals surface area contributed by atoms with Crippen molar-refractivity contribution in [2.24, 2.45) is 0 Å². The van der Waals surface area contributed by atoms with Crippen molar-refractivity contribution in [1.29, 1.82) is 0 Å². The van der Waals surface area contributed by atoms with E-state index in [-0.39, 0.29) is 11.2 Å². The van der Waals surface area contributed by atoms with Crippen molar-refractivity contribution in [3.8, 4) is 22.5 Å². The summed E-state index contributed by atoms with van der Waals surface area (Å²) in [6.45, 7) is 3.56. The SMILES string of the molecule is CC(=O)c1ccc(-c2c3ccc(=O)cc-3oc3ccccc23)c(C)c1. The zero-order valence-corrected chi connectivity index (χ0v) is 14.0. The van der Waals surface area contributed by atoms with E-state index in [1.54, 1.807) is 19.1 Å². The molecule has 0 saturated heterocycles. The Hall–Kier alpha value is -3.20. The molecule has 1 aliphatic carbocycles. The summed E-state index contributed by atoms with van der Waals surface area (Å²) in [6, 6.07) is 18.4. The summed E-state index contributed by atoms with van der Waals surface area (Å²) in [5, 5.41) is 0.979. The summed E-state index contributed by atoms with van der Waals surface area (Å²) in [6.07, 6.45) is 0. The van der Waals surface area contributed by atoms with Gasteiger partial charge in [-0.2, -0.15) is 0 Å². The molecule has 0 aromatic heterocycles. The van der Waals surface area contributed by atoms with Crippen molar-refractivity contribution in [2.45, 2.75) is 13.8 Å². The van der Waals surface area contributed by atoms with E-state index in [0.717, 1.165) is 33.2 Å². The highest BCUT2D eigenvalue weighted by molar-refractivity contribution is 6.03. The Morgan fingerprint density at radius 3 is 2.44 bits per heavy atom. The van der Waals surface area contributed by atoms with Crippen LogP contribution in [0.4, 0.5) is 0 Å². The van der Waals surface area contributed by atoms with E-state index in [1.807, 2.05) is 49.4 Å². The largest absolute Gasteiger partial charge is 0.456 e. The van der Waals surface area contributed by atoms with Crippen LogP contribution in [0.2, 0.25) is 0 Å². The van der Waals surface area contributed by atoms with Crippen molar-refractivity contribution >= 4 is 16.8 Å². The van der Waals surface area contributed by atoms with E-state index in [1.165, 1.54) is 6.07 Å². The lowest BCUT2D eigenvalue weighted by molar-refractivity contribution is 0.101. The van der Waals surface area contributed by atoms with Gasteiger partial charge in [-0.25, -0.2) is 0 Å². The van der Waals surface area contributed by atoms with Crippen LogP contribution in [-0.4, -0.2) is 5.78 Å². The first kappa shape index (κ1) is 15.3. The Morgan fingerprint density at radius 2 is 1.68 bits per heavy atom. The Bertz CT molecular complexity index is 1150. The second-order valence-electron chi connectivity index (χ2n) is 6.22. The molecule has 1 heterocycles. The summed E-state index contributed by atoms with van der Waals surface area (Å²) in [5.74, 6) is 0.611. The number of carbonyl (C=O) groups is 1. The Balaban J connectivity index is 2.12. The van der Waals surface area contributed by atoms with Crippen LogP contribution in [0.1, 0.15) is 22.8 Å². The zero-order valence-electron chi connectivity index (χ0n) is 14.0. The van der Waals surface area contributed by atoms with Crippen LogP contribution >= 0.6 is 0 Å². The molecule has 2 aromatic rings. The molecule has 0 saturated carbocycles. The van der Waals surface area contributed by atoms with Crippen LogP contribution in [0.3, 0.4) is 0 Å². The molecule has 122 valence electrons. The number of rotatable bonds is 2. The molecule has 4 rings (SSSR count). The number of ketones is 1. The molecule has 0 fully saturated rings. The third kappa shape index (κ3) is 2.54. The predicted octanol–water partition coefficient (Wildman–Crippen LogP) is 5.08. The molecule has 2 aliphatic rings. The number of para-hydroxylation sites is 1. The lowest BCUT2D eigenvalue weighted by atomic mass is 9.90. The first-order valence-electron chi connectivity index (χ1n) is 8.12. The Morgan fingerprint density at radius 1 is 0.920 bits per heavy atom. The summed E-state index contributed by atoms with van der Waals surface area (Å²) < 4.78 is 5.94. The van der Waals surface area contributed by atoms with Gasteiger partial charge in [0.1, 0.15) is 11.3 Å². The molecule has 0 spiro atoms. The van der Waals surface area contributed by atoms with E-state index in [4.69, 9.17) is 4.42 Å². The third-order valence-electron chi connectivity index (χ3n) is 4.50.